The first-order valence-corrected chi connectivity index (χ1v) is 14.3. The number of amides is 3. The highest BCUT2D eigenvalue weighted by Crippen LogP contribution is 2.29. The summed E-state index contributed by atoms with van der Waals surface area (Å²) < 4.78 is 0. The number of rotatable bonds is 10. The highest BCUT2D eigenvalue weighted by Gasteiger charge is 2.20. The van der Waals surface area contributed by atoms with Gasteiger partial charge in [-0.3, -0.25) is 14.4 Å². The van der Waals surface area contributed by atoms with E-state index in [2.05, 4.69) is 20.9 Å². The van der Waals surface area contributed by atoms with Gasteiger partial charge in [0.2, 0.25) is 5.91 Å². The number of carbonyl (C=O) groups excluding carboxylic acids is 3. The summed E-state index contributed by atoms with van der Waals surface area (Å²) in [5.41, 5.74) is 1.31. The van der Waals surface area contributed by atoms with Crippen molar-refractivity contribution in [2.45, 2.75) is 23.5 Å². The van der Waals surface area contributed by atoms with E-state index < -0.39 is 11.8 Å². The normalized spacial score (nSPS) is 11.8. The first kappa shape index (κ1) is 29.9. The quantitative estimate of drug-likeness (QED) is 0.130. The molecule has 0 saturated heterocycles. The lowest BCUT2D eigenvalue weighted by Gasteiger charge is -2.16. The maximum atomic E-state index is 13.4. The summed E-state index contributed by atoms with van der Waals surface area (Å²) in [6, 6.07) is 26.0. The van der Waals surface area contributed by atoms with Crippen molar-refractivity contribution in [3.8, 4) is 0 Å². The van der Waals surface area contributed by atoms with Gasteiger partial charge in [-0.15, -0.1) is 11.8 Å². The molecule has 0 radical (unpaired) electrons. The van der Waals surface area contributed by atoms with Crippen molar-refractivity contribution in [1.29, 1.82) is 0 Å². The predicted octanol–water partition coefficient (Wildman–Crippen LogP) is 7.31. The van der Waals surface area contributed by atoms with Gasteiger partial charge < -0.3 is 16.0 Å². The molecule has 208 valence electrons. The number of hydrogen-bond acceptors (Lipinski definition) is 5. The fraction of sp³-hybridized carbons (Fsp3) is 0.0968. The van der Waals surface area contributed by atoms with Gasteiger partial charge in [0.15, 0.2) is 0 Å². The van der Waals surface area contributed by atoms with Crippen LogP contribution in [0.1, 0.15) is 29.3 Å². The van der Waals surface area contributed by atoms with Crippen molar-refractivity contribution in [2.75, 3.05) is 10.6 Å². The number of pyridine rings is 1. The third kappa shape index (κ3) is 8.44. The molecule has 3 aromatic carbocycles. The average molecular weight is 606 g/mol. The molecule has 0 spiro atoms. The van der Waals surface area contributed by atoms with Crippen molar-refractivity contribution in [1.82, 2.24) is 10.3 Å². The Hall–Kier alpha value is -4.11. The van der Waals surface area contributed by atoms with Crippen LogP contribution in [0.2, 0.25) is 10.0 Å². The van der Waals surface area contributed by atoms with Gasteiger partial charge in [0.05, 0.1) is 15.3 Å². The second-order valence-corrected chi connectivity index (χ2v) is 10.8. The van der Waals surface area contributed by atoms with Gasteiger partial charge in [0.1, 0.15) is 11.5 Å². The second kappa shape index (κ2) is 14.5. The molecule has 3 N–H and O–H groups in total. The number of benzene rings is 3. The molecule has 0 saturated carbocycles. The van der Waals surface area contributed by atoms with Crippen molar-refractivity contribution in [2.24, 2.45) is 0 Å². The van der Waals surface area contributed by atoms with E-state index in [-0.39, 0.29) is 21.9 Å². The molecule has 1 heterocycles. The second-order valence-electron chi connectivity index (χ2n) is 8.72. The van der Waals surface area contributed by atoms with Crippen molar-refractivity contribution in [3.05, 3.63) is 124 Å². The molecule has 4 rings (SSSR count). The fourth-order valence-electron chi connectivity index (χ4n) is 3.71. The molecule has 1 unspecified atom stereocenters. The van der Waals surface area contributed by atoms with Gasteiger partial charge in [-0.2, -0.15) is 0 Å². The molecule has 1 aromatic heterocycles. The zero-order valence-corrected chi connectivity index (χ0v) is 24.3. The van der Waals surface area contributed by atoms with E-state index in [0.717, 1.165) is 4.90 Å². The molecule has 1 atom stereocenters. The molecule has 0 bridgehead atoms. The summed E-state index contributed by atoms with van der Waals surface area (Å²) >= 11 is 13.9. The SMILES string of the molecule is CCC(Sc1cccc(NC(=O)/C(=C\c2cccc(Cl)c2Cl)NC(=O)c2ccccc2)c1)C(=O)Nc1ccccn1. The van der Waals surface area contributed by atoms with Crippen LogP contribution in [0, 0.1) is 0 Å². The maximum absolute atomic E-state index is 13.4. The van der Waals surface area contributed by atoms with Gasteiger partial charge in [-0.25, -0.2) is 4.98 Å². The lowest BCUT2D eigenvalue weighted by atomic mass is 10.1. The Bertz CT molecular complexity index is 1570. The Morgan fingerprint density at radius 1 is 0.902 bits per heavy atom. The number of carbonyl (C=O) groups is 3. The lowest BCUT2D eigenvalue weighted by Crippen LogP contribution is -2.30. The fourth-order valence-corrected chi connectivity index (χ4v) is 5.08. The third-order valence-corrected chi connectivity index (χ3v) is 7.95. The maximum Gasteiger partial charge on any atom is 0.272 e. The van der Waals surface area contributed by atoms with Crippen LogP contribution in [0.15, 0.2) is 108 Å². The molecule has 0 fully saturated rings. The standard InChI is InChI=1S/C31H26Cl2N4O3S/c1-2-26(31(40)37-27-16-6-7-17-34-27)41-23-14-9-13-22(19-23)35-30(39)25(18-21-12-8-15-24(32)28(21)33)36-29(38)20-10-4-3-5-11-20/h3-19,26H,2H2,1H3,(H,35,39)(H,36,38)(H,34,37,40)/b25-18+. The van der Waals surface area contributed by atoms with Gasteiger partial charge >= 0.3 is 0 Å². The van der Waals surface area contributed by atoms with E-state index in [4.69, 9.17) is 23.2 Å². The topological polar surface area (TPSA) is 100 Å². The van der Waals surface area contributed by atoms with Crippen LogP contribution in [-0.2, 0) is 9.59 Å². The van der Waals surface area contributed by atoms with Crippen LogP contribution < -0.4 is 16.0 Å². The van der Waals surface area contributed by atoms with E-state index in [1.165, 1.54) is 17.8 Å². The van der Waals surface area contributed by atoms with Crippen molar-refractivity contribution >= 4 is 70.3 Å². The summed E-state index contributed by atoms with van der Waals surface area (Å²) in [6.07, 6.45) is 3.66. The van der Waals surface area contributed by atoms with Crippen LogP contribution in [0.3, 0.4) is 0 Å². The molecular formula is C31H26Cl2N4O3S. The minimum absolute atomic E-state index is 0.0257. The Labute approximate surface area is 252 Å². The number of thioether (sulfide) groups is 1. The van der Waals surface area contributed by atoms with E-state index in [1.807, 2.05) is 13.0 Å². The Balaban J connectivity index is 1.53. The van der Waals surface area contributed by atoms with Crippen molar-refractivity contribution in [3.63, 3.8) is 0 Å². The van der Waals surface area contributed by atoms with Crippen LogP contribution >= 0.6 is 35.0 Å². The number of halogens is 2. The molecule has 4 aromatic rings. The zero-order valence-electron chi connectivity index (χ0n) is 21.9. The molecule has 0 aliphatic heterocycles. The van der Waals surface area contributed by atoms with Crippen LogP contribution in [-0.4, -0.2) is 28.0 Å². The predicted molar refractivity (Wildman–Crippen MR) is 166 cm³/mol. The van der Waals surface area contributed by atoms with E-state index in [9.17, 15) is 14.4 Å². The first-order chi connectivity index (χ1) is 19.8. The van der Waals surface area contributed by atoms with E-state index >= 15 is 0 Å². The minimum atomic E-state index is -0.563. The number of aromatic nitrogens is 1. The largest absolute Gasteiger partial charge is 0.321 e. The van der Waals surface area contributed by atoms with E-state index in [1.54, 1.807) is 91.1 Å². The number of hydrogen-bond donors (Lipinski definition) is 3. The summed E-state index contributed by atoms with van der Waals surface area (Å²) in [5, 5.41) is 8.54. The van der Waals surface area contributed by atoms with Crippen LogP contribution in [0.4, 0.5) is 11.5 Å². The van der Waals surface area contributed by atoms with Gasteiger partial charge in [-0.1, -0.05) is 72.6 Å². The van der Waals surface area contributed by atoms with Crippen molar-refractivity contribution < 1.29 is 14.4 Å². The third-order valence-electron chi connectivity index (χ3n) is 5.76. The van der Waals surface area contributed by atoms with Crippen LogP contribution in [0.25, 0.3) is 6.08 Å². The molecule has 3 amide bonds. The average Bonchev–Trinajstić information content (AvgIpc) is 2.98. The van der Waals surface area contributed by atoms with Gasteiger partial charge in [0, 0.05) is 22.3 Å². The molecule has 41 heavy (non-hydrogen) atoms. The van der Waals surface area contributed by atoms with Gasteiger partial charge in [-0.05, 0) is 66.6 Å². The number of anilines is 2. The highest BCUT2D eigenvalue weighted by atomic mass is 35.5. The summed E-state index contributed by atoms with van der Waals surface area (Å²) in [6.45, 7) is 1.93. The minimum Gasteiger partial charge on any atom is -0.321 e. The summed E-state index contributed by atoms with van der Waals surface area (Å²) in [7, 11) is 0. The monoisotopic (exact) mass is 604 g/mol. The Morgan fingerprint density at radius 3 is 2.39 bits per heavy atom. The Kier molecular flexibility index (Phi) is 10.6. The van der Waals surface area contributed by atoms with Crippen LogP contribution in [0.5, 0.6) is 0 Å². The molecule has 7 nitrogen and oxygen atoms in total. The first-order valence-electron chi connectivity index (χ1n) is 12.7. The summed E-state index contributed by atoms with van der Waals surface area (Å²) in [4.78, 5) is 44.1. The molecular weight excluding hydrogens is 579 g/mol. The lowest BCUT2D eigenvalue weighted by molar-refractivity contribution is -0.116. The Morgan fingerprint density at radius 2 is 1.66 bits per heavy atom. The number of nitrogens with one attached hydrogen (secondary N) is 3. The molecule has 0 aliphatic carbocycles. The number of nitrogens with zero attached hydrogens (tertiary/aromatic N) is 1. The van der Waals surface area contributed by atoms with Gasteiger partial charge in [0.25, 0.3) is 11.8 Å². The smallest absolute Gasteiger partial charge is 0.272 e. The van der Waals surface area contributed by atoms with E-state index in [0.29, 0.717) is 34.1 Å². The molecule has 10 heteroatoms. The summed E-state index contributed by atoms with van der Waals surface area (Å²) in [5.74, 6) is -0.710. The molecule has 0 aliphatic rings. The zero-order chi connectivity index (χ0) is 29.2. The highest BCUT2D eigenvalue weighted by molar-refractivity contribution is 8.00.